The molecule has 1 aromatic heterocycles. The predicted molar refractivity (Wildman–Crippen MR) is 105 cm³/mol. The van der Waals surface area contributed by atoms with Gasteiger partial charge in [0, 0.05) is 6.54 Å². The lowest BCUT2D eigenvalue weighted by Crippen LogP contribution is -2.37. The molecule has 0 bridgehead atoms. The normalized spacial score (nSPS) is 20.9. The van der Waals surface area contributed by atoms with Crippen LogP contribution in [-0.4, -0.2) is 33.1 Å². The monoisotopic (exact) mass is 367 g/mol. The summed E-state index contributed by atoms with van der Waals surface area (Å²) in [6.07, 6.45) is 6.02. The van der Waals surface area contributed by atoms with Crippen LogP contribution >= 0.6 is 0 Å². The molecule has 1 atom stereocenters. The lowest BCUT2D eigenvalue weighted by atomic mass is 10.0. The van der Waals surface area contributed by atoms with E-state index in [9.17, 15) is 4.79 Å². The van der Waals surface area contributed by atoms with Gasteiger partial charge in [0.2, 0.25) is 0 Å². The van der Waals surface area contributed by atoms with Gasteiger partial charge >= 0.3 is 6.09 Å². The number of aryl methyl sites for hydroxylation is 1. The number of nitrogens with one attached hydrogen (secondary N) is 1. The number of H-pyrrole nitrogens is 1. The minimum Gasteiger partial charge on any atom is -0.444 e. The Balaban J connectivity index is 1.57. The van der Waals surface area contributed by atoms with E-state index in [1.807, 2.05) is 31.9 Å². The molecule has 2 heterocycles. The fourth-order valence-electron chi connectivity index (χ4n) is 3.92. The number of hydrogen-bond acceptors (Lipinski definition) is 3. The summed E-state index contributed by atoms with van der Waals surface area (Å²) in [7, 11) is 0. The molecule has 1 unspecified atom stereocenters. The van der Waals surface area contributed by atoms with Gasteiger partial charge in [0.15, 0.2) is 0 Å². The van der Waals surface area contributed by atoms with Crippen molar-refractivity contribution in [1.82, 2.24) is 14.9 Å². The number of aromatic nitrogens is 2. The van der Waals surface area contributed by atoms with Crippen molar-refractivity contribution in [2.45, 2.75) is 65.0 Å². The van der Waals surface area contributed by atoms with Gasteiger partial charge in [-0.3, -0.25) is 4.90 Å². The molecule has 5 heteroatoms. The molecule has 4 rings (SSSR count). The van der Waals surface area contributed by atoms with E-state index in [4.69, 9.17) is 4.74 Å². The fraction of sp³-hybridized carbons (Fsp3) is 0.545. The average molecular weight is 367 g/mol. The van der Waals surface area contributed by atoms with Gasteiger partial charge in [-0.2, -0.15) is 0 Å². The summed E-state index contributed by atoms with van der Waals surface area (Å²) >= 11 is 0. The smallest absolute Gasteiger partial charge is 0.410 e. The average Bonchev–Trinajstić information content (AvgIpc) is 3.04. The Bertz CT molecular complexity index is 828. The van der Waals surface area contributed by atoms with Crippen LogP contribution in [0, 0.1) is 5.41 Å². The zero-order valence-corrected chi connectivity index (χ0v) is 16.7. The largest absolute Gasteiger partial charge is 0.444 e. The number of rotatable bonds is 3. The summed E-state index contributed by atoms with van der Waals surface area (Å²) in [6.45, 7) is 8.66. The van der Waals surface area contributed by atoms with Crippen molar-refractivity contribution in [2.75, 3.05) is 6.54 Å². The van der Waals surface area contributed by atoms with E-state index in [2.05, 4.69) is 41.2 Å². The summed E-state index contributed by atoms with van der Waals surface area (Å²) in [6, 6.07) is 8.51. The topological polar surface area (TPSA) is 58.2 Å². The Morgan fingerprint density at radius 3 is 2.59 bits per heavy atom. The molecule has 144 valence electrons. The molecule has 27 heavy (non-hydrogen) atoms. The molecule has 0 radical (unpaired) electrons. The van der Waals surface area contributed by atoms with Crippen LogP contribution in [0.25, 0.3) is 11.3 Å². The minimum absolute atomic E-state index is 0.0361. The summed E-state index contributed by atoms with van der Waals surface area (Å²) in [4.78, 5) is 22.7. The molecular weight excluding hydrogens is 338 g/mol. The standard InChI is InChI=1S/C22H29N3O2/c1-5-15-6-8-16(9-7-15)17-13-23-19(24-17)18-12-22(10-11-22)14-25(18)20(26)27-21(2,3)4/h6-9,13,18H,5,10-12,14H2,1-4H3,(H,23,24). The number of carbonyl (C=O) groups excluding carboxylic acids is 1. The van der Waals surface area contributed by atoms with Gasteiger partial charge in [-0.25, -0.2) is 9.78 Å². The molecule has 1 amide bonds. The molecule has 1 aromatic carbocycles. The minimum atomic E-state index is -0.490. The number of ether oxygens (including phenoxy) is 1. The van der Waals surface area contributed by atoms with Crippen molar-refractivity contribution < 1.29 is 9.53 Å². The first-order valence-corrected chi connectivity index (χ1v) is 9.92. The zero-order valence-electron chi connectivity index (χ0n) is 16.7. The third-order valence-electron chi connectivity index (χ3n) is 5.68. The number of aromatic amines is 1. The molecule has 1 saturated carbocycles. The van der Waals surface area contributed by atoms with Crippen LogP contribution in [0.15, 0.2) is 30.5 Å². The summed E-state index contributed by atoms with van der Waals surface area (Å²) < 4.78 is 5.66. The number of benzene rings is 1. The zero-order chi connectivity index (χ0) is 19.2. The van der Waals surface area contributed by atoms with Crippen molar-refractivity contribution >= 4 is 6.09 Å². The molecule has 1 aliphatic carbocycles. The van der Waals surface area contributed by atoms with Crippen LogP contribution in [0.4, 0.5) is 4.79 Å². The van der Waals surface area contributed by atoms with Crippen molar-refractivity contribution in [2.24, 2.45) is 5.41 Å². The highest BCUT2D eigenvalue weighted by Crippen LogP contribution is 2.58. The SMILES string of the molecule is CCc1ccc(-c2cnc(C3CC4(CC4)CN3C(=O)OC(C)(C)C)[nH]2)cc1. The predicted octanol–water partition coefficient (Wildman–Crippen LogP) is 5.10. The van der Waals surface area contributed by atoms with Gasteiger partial charge in [0.05, 0.1) is 17.9 Å². The highest BCUT2D eigenvalue weighted by molar-refractivity contribution is 5.69. The maximum atomic E-state index is 12.8. The first kappa shape index (κ1) is 18.1. The molecule has 2 aliphatic rings. The molecule has 1 spiro atoms. The van der Waals surface area contributed by atoms with Crippen LogP contribution in [0.2, 0.25) is 0 Å². The van der Waals surface area contributed by atoms with Gasteiger partial charge < -0.3 is 9.72 Å². The van der Waals surface area contributed by atoms with Crippen LogP contribution in [0.5, 0.6) is 0 Å². The maximum absolute atomic E-state index is 12.8. The lowest BCUT2D eigenvalue weighted by Gasteiger charge is -2.27. The number of imidazole rings is 1. The van der Waals surface area contributed by atoms with E-state index in [-0.39, 0.29) is 17.6 Å². The van der Waals surface area contributed by atoms with Crippen LogP contribution in [0.1, 0.15) is 64.4 Å². The Morgan fingerprint density at radius 1 is 1.30 bits per heavy atom. The van der Waals surface area contributed by atoms with E-state index in [0.717, 1.165) is 36.5 Å². The van der Waals surface area contributed by atoms with E-state index in [1.54, 1.807) is 0 Å². The Morgan fingerprint density at radius 2 is 2.00 bits per heavy atom. The molecular formula is C22H29N3O2. The number of hydrogen-bond donors (Lipinski definition) is 1. The van der Waals surface area contributed by atoms with Crippen LogP contribution in [-0.2, 0) is 11.2 Å². The van der Waals surface area contributed by atoms with Gasteiger partial charge in [-0.05, 0) is 63.0 Å². The summed E-state index contributed by atoms with van der Waals surface area (Å²) in [5, 5.41) is 0. The molecule has 1 N–H and O–H groups in total. The Labute approximate surface area is 161 Å². The van der Waals surface area contributed by atoms with Crippen molar-refractivity contribution in [3.05, 3.63) is 41.9 Å². The Hall–Kier alpha value is -2.30. The fourth-order valence-corrected chi connectivity index (χ4v) is 3.92. The van der Waals surface area contributed by atoms with Crippen LogP contribution in [0.3, 0.4) is 0 Å². The second-order valence-electron chi connectivity index (χ2n) is 9.06. The number of nitrogens with zero attached hydrogens (tertiary/aromatic N) is 2. The third-order valence-corrected chi connectivity index (χ3v) is 5.68. The van der Waals surface area contributed by atoms with E-state index < -0.39 is 5.60 Å². The van der Waals surface area contributed by atoms with Crippen molar-refractivity contribution in [3.8, 4) is 11.3 Å². The van der Waals surface area contributed by atoms with Crippen LogP contribution < -0.4 is 0 Å². The lowest BCUT2D eigenvalue weighted by molar-refractivity contribution is 0.0212. The highest BCUT2D eigenvalue weighted by atomic mass is 16.6. The maximum Gasteiger partial charge on any atom is 0.410 e. The number of likely N-dealkylation sites (tertiary alicyclic amines) is 1. The molecule has 1 aliphatic heterocycles. The van der Waals surface area contributed by atoms with Gasteiger partial charge in [0.25, 0.3) is 0 Å². The van der Waals surface area contributed by atoms with Crippen molar-refractivity contribution in [3.63, 3.8) is 0 Å². The van der Waals surface area contributed by atoms with E-state index in [0.29, 0.717) is 0 Å². The number of carbonyl (C=O) groups is 1. The molecule has 5 nitrogen and oxygen atoms in total. The number of amides is 1. The molecule has 1 saturated heterocycles. The van der Waals surface area contributed by atoms with E-state index >= 15 is 0 Å². The molecule has 2 fully saturated rings. The van der Waals surface area contributed by atoms with Crippen molar-refractivity contribution in [1.29, 1.82) is 0 Å². The summed E-state index contributed by atoms with van der Waals surface area (Å²) in [5.41, 5.74) is 3.22. The second-order valence-corrected chi connectivity index (χ2v) is 9.06. The second kappa shape index (κ2) is 6.39. The van der Waals surface area contributed by atoms with Gasteiger partial charge in [-0.15, -0.1) is 0 Å². The van der Waals surface area contributed by atoms with E-state index in [1.165, 1.54) is 18.4 Å². The first-order valence-electron chi connectivity index (χ1n) is 9.92. The molecule has 2 aromatic rings. The van der Waals surface area contributed by atoms with Gasteiger partial charge in [0.1, 0.15) is 11.4 Å². The quantitative estimate of drug-likeness (QED) is 0.821. The third kappa shape index (κ3) is 3.73. The van der Waals surface area contributed by atoms with Gasteiger partial charge in [-0.1, -0.05) is 31.2 Å². The first-order chi connectivity index (χ1) is 12.8. The Kier molecular flexibility index (Phi) is 4.28. The summed E-state index contributed by atoms with van der Waals surface area (Å²) in [5.74, 6) is 0.860. The highest BCUT2D eigenvalue weighted by Gasteiger charge is 2.55.